The van der Waals surface area contributed by atoms with E-state index in [4.69, 9.17) is 9.47 Å². The lowest BCUT2D eigenvalue weighted by Crippen LogP contribution is -2.51. The van der Waals surface area contributed by atoms with E-state index < -0.39 is 0 Å². The molecule has 3 aliphatic rings. The summed E-state index contributed by atoms with van der Waals surface area (Å²) >= 11 is 0. The molecule has 0 saturated carbocycles. The first-order chi connectivity index (χ1) is 10.9. The van der Waals surface area contributed by atoms with Crippen molar-refractivity contribution >= 4 is 5.82 Å². The topological polar surface area (TPSA) is 59.5 Å². The quantitative estimate of drug-likeness (QED) is 0.901. The van der Waals surface area contributed by atoms with E-state index in [9.17, 15) is 0 Å². The first-order valence-electron chi connectivity index (χ1n) is 7.58. The minimum Gasteiger partial charge on any atom is -0.454 e. The molecule has 1 aromatic heterocycles. The van der Waals surface area contributed by atoms with Gasteiger partial charge in [0.25, 0.3) is 0 Å². The molecule has 6 nitrogen and oxygen atoms in total. The van der Waals surface area contributed by atoms with Crippen molar-refractivity contribution in [3.05, 3.63) is 30.5 Å². The summed E-state index contributed by atoms with van der Waals surface area (Å²) < 4.78 is 10.9. The van der Waals surface area contributed by atoms with Crippen LogP contribution in [0.5, 0.6) is 11.5 Å². The maximum atomic E-state index is 5.49. The number of nitrogens with zero attached hydrogens (tertiary/aromatic N) is 3. The van der Waals surface area contributed by atoms with Crippen molar-refractivity contribution in [2.24, 2.45) is 5.92 Å². The fraction of sp³-hybridized carbons (Fsp3) is 0.375. The zero-order valence-electron chi connectivity index (χ0n) is 12.0. The number of benzene rings is 1. The lowest BCUT2D eigenvalue weighted by molar-refractivity contribution is 0.174. The van der Waals surface area contributed by atoms with Crippen LogP contribution in [0.15, 0.2) is 30.5 Å². The van der Waals surface area contributed by atoms with E-state index >= 15 is 0 Å². The predicted molar refractivity (Wildman–Crippen MR) is 81.1 cm³/mol. The molecule has 0 amide bonds. The number of rotatable bonds is 2. The summed E-state index contributed by atoms with van der Waals surface area (Å²) in [7, 11) is 0. The van der Waals surface area contributed by atoms with Crippen LogP contribution in [0.4, 0.5) is 5.82 Å². The number of fused-ring (bicyclic) bond motifs is 2. The second kappa shape index (κ2) is 4.58. The van der Waals surface area contributed by atoms with Gasteiger partial charge < -0.3 is 19.7 Å². The molecule has 2 atom stereocenters. The van der Waals surface area contributed by atoms with Gasteiger partial charge in [0.2, 0.25) is 6.79 Å². The van der Waals surface area contributed by atoms with Gasteiger partial charge in [-0.15, -0.1) is 5.10 Å². The van der Waals surface area contributed by atoms with Crippen molar-refractivity contribution in [1.29, 1.82) is 0 Å². The molecule has 5 rings (SSSR count). The third-order valence-electron chi connectivity index (χ3n) is 4.77. The molecule has 0 spiro atoms. The minimum atomic E-state index is 0.293. The minimum absolute atomic E-state index is 0.293. The highest BCUT2D eigenvalue weighted by Gasteiger charge is 2.40. The Balaban J connectivity index is 1.54. The first kappa shape index (κ1) is 12.2. The lowest BCUT2D eigenvalue weighted by atomic mass is 9.96. The van der Waals surface area contributed by atoms with E-state index in [1.807, 2.05) is 18.2 Å². The van der Waals surface area contributed by atoms with Gasteiger partial charge in [0, 0.05) is 37.2 Å². The third kappa shape index (κ3) is 1.77. The molecular weight excluding hydrogens is 280 g/mol. The summed E-state index contributed by atoms with van der Waals surface area (Å²) in [6, 6.07) is 8.65. The molecule has 0 radical (unpaired) electrons. The maximum absolute atomic E-state index is 5.49. The highest BCUT2D eigenvalue weighted by molar-refractivity contribution is 5.77. The average molecular weight is 296 g/mol. The Bertz CT molecular complexity index is 724. The van der Waals surface area contributed by atoms with Crippen molar-refractivity contribution in [3.8, 4) is 22.6 Å². The molecule has 1 aromatic carbocycles. The van der Waals surface area contributed by atoms with Gasteiger partial charge in [-0.05, 0) is 23.8 Å². The van der Waals surface area contributed by atoms with E-state index in [-0.39, 0.29) is 0 Å². The Labute approximate surface area is 128 Å². The molecule has 3 aliphatic heterocycles. The van der Waals surface area contributed by atoms with Crippen LogP contribution in [0.2, 0.25) is 0 Å². The van der Waals surface area contributed by atoms with E-state index in [2.05, 4.69) is 26.5 Å². The first-order valence-corrected chi connectivity index (χ1v) is 7.58. The summed E-state index contributed by atoms with van der Waals surface area (Å²) in [5.41, 5.74) is 2.18. The number of anilines is 1. The normalized spacial score (nSPS) is 25.0. The van der Waals surface area contributed by atoms with Crippen LogP contribution in [-0.2, 0) is 0 Å². The zero-order chi connectivity index (χ0) is 14.5. The number of aromatic nitrogens is 2. The van der Waals surface area contributed by atoms with Gasteiger partial charge in [-0.3, -0.25) is 0 Å². The predicted octanol–water partition coefficient (Wildman–Crippen LogP) is 1.28. The molecule has 2 saturated heterocycles. The van der Waals surface area contributed by atoms with Gasteiger partial charge >= 0.3 is 0 Å². The van der Waals surface area contributed by atoms with Crippen molar-refractivity contribution in [1.82, 2.24) is 15.5 Å². The molecular formula is C16H16N4O2. The van der Waals surface area contributed by atoms with Crippen molar-refractivity contribution in [2.75, 3.05) is 31.3 Å². The van der Waals surface area contributed by atoms with E-state index in [1.165, 1.54) is 0 Å². The van der Waals surface area contributed by atoms with Gasteiger partial charge in [-0.1, -0.05) is 6.07 Å². The Hall–Kier alpha value is -2.34. The van der Waals surface area contributed by atoms with Crippen LogP contribution in [0.1, 0.15) is 0 Å². The van der Waals surface area contributed by atoms with Gasteiger partial charge in [0.05, 0.1) is 6.20 Å². The maximum Gasteiger partial charge on any atom is 0.231 e. The number of hydrogen-bond acceptors (Lipinski definition) is 6. The largest absolute Gasteiger partial charge is 0.454 e. The smallest absolute Gasteiger partial charge is 0.231 e. The fourth-order valence-corrected chi connectivity index (χ4v) is 3.47. The molecule has 0 unspecified atom stereocenters. The summed E-state index contributed by atoms with van der Waals surface area (Å²) in [6.07, 6.45) is 1.74. The highest BCUT2D eigenvalue weighted by atomic mass is 16.7. The Kier molecular flexibility index (Phi) is 2.54. The average Bonchev–Trinajstić information content (AvgIpc) is 3.12. The van der Waals surface area contributed by atoms with Crippen LogP contribution in [0, 0.1) is 5.92 Å². The molecule has 2 aromatic rings. The van der Waals surface area contributed by atoms with Gasteiger partial charge in [0.1, 0.15) is 0 Å². The number of ether oxygens (including phenoxy) is 2. The summed E-state index contributed by atoms with van der Waals surface area (Å²) in [5.74, 6) is 3.29. The van der Waals surface area contributed by atoms with Crippen LogP contribution >= 0.6 is 0 Å². The molecule has 4 heterocycles. The van der Waals surface area contributed by atoms with Gasteiger partial charge in [-0.25, -0.2) is 0 Å². The van der Waals surface area contributed by atoms with Crippen LogP contribution in [-0.4, -0.2) is 42.7 Å². The second-order valence-electron chi connectivity index (χ2n) is 6.02. The molecule has 2 fully saturated rings. The van der Waals surface area contributed by atoms with Crippen LogP contribution in [0.3, 0.4) is 0 Å². The fourth-order valence-electron chi connectivity index (χ4n) is 3.47. The lowest BCUT2D eigenvalue weighted by Gasteiger charge is -2.29. The number of nitrogens with one attached hydrogen (secondary N) is 1. The number of hydrogen-bond donors (Lipinski definition) is 1. The molecule has 6 heteroatoms. The van der Waals surface area contributed by atoms with E-state index in [1.54, 1.807) is 6.20 Å². The SMILES string of the molecule is c1cc(-c2ccc3c(c2)OCO3)c(N2C[C@H]3CN[C@H]3C2)nn1. The Morgan fingerprint density at radius 3 is 2.91 bits per heavy atom. The Morgan fingerprint density at radius 2 is 2.09 bits per heavy atom. The summed E-state index contributed by atoms with van der Waals surface area (Å²) in [4.78, 5) is 2.34. The standard InChI is InChI=1S/C16H16N4O2/c1-2-14-15(22-9-21-14)5-10(1)12-3-4-18-19-16(12)20-7-11-6-17-13(11)8-20/h1-5,11,13,17H,6-9H2/t11-,13+/m1/s1. The van der Waals surface area contributed by atoms with Crippen molar-refractivity contribution in [3.63, 3.8) is 0 Å². The van der Waals surface area contributed by atoms with Crippen LogP contribution in [0.25, 0.3) is 11.1 Å². The molecule has 0 aliphatic carbocycles. The van der Waals surface area contributed by atoms with Crippen molar-refractivity contribution in [2.45, 2.75) is 6.04 Å². The van der Waals surface area contributed by atoms with Crippen LogP contribution < -0.4 is 19.7 Å². The van der Waals surface area contributed by atoms with E-state index in [0.29, 0.717) is 12.8 Å². The van der Waals surface area contributed by atoms with Crippen molar-refractivity contribution < 1.29 is 9.47 Å². The zero-order valence-corrected chi connectivity index (χ0v) is 12.0. The molecule has 112 valence electrons. The molecule has 1 N–H and O–H groups in total. The third-order valence-corrected chi connectivity index (χ3v) is 4.77. The van der Waals surface area contributed by atoms with Gasteiger partial charge in [-0.2, -0.15) is 5.10 Å². The highest BCUT2D eigenvalue weighted by Crippen LogP contribution is 2.39. The summed E-state index contributed by atoms with van der Waals surface area (Å²) in [5, 5.41) is 12.0. The second-order valence-corrected chi connectivity index (χ2v) is 6.02. The van der Waals surface area contributed by atoms with Gasteiger partial charge in [0.15, 0.2) is 17.3 Å². The van der Waals surface area contributed by atoms with E-state index in [0.717, 1.165) is 54.0 Å². The Morgan fingerprint density at radius 1 is 1.14 bits per heavy atom. The monoisotopic (exact) mass is 296 g/mol. The summed E-state index contributed by atoms with van der Waals surface area (Å²) in [6.45, 7) is 3.46. The molecule has 22 heavy (non-hydrogen) atoms. The molecule has 0 bridgehead atoms.